The molecule has 110 valence electrons. The largest absolute Gasteiger partial charge is 0.393 e. The van der Waals surface area contributed by atoms with E-state index in [-0.39, 0.29) is 24.5 Å². The van der Waals surface area contributed by atoms with Crippen LogP contribution in [0.2, 0.25) is 0 Å². The highest BCUT2D eigenvalue weighted by Crippen LogP contribution is 2.58. The van der Waals surface area contributed by atoms with Crippen molar-refractivity contribution in [2.24, 2.45) is 17.1 Å². The van der Waals surface area contributed by atoms with Gasteiger partial charge in [-0.1, -0.05) is 13.8 Å². The summed E-state index contributed by atoms with van der Waals surface area (Å²) in [7, 11) is 0. The molecule has 0 aromatic rings. The zero-order valence-corrected chi connectivity index (χ0v) is 11.8. The number of hydrogen-bond donors (Lipinski definition) is 4. The number of nitrogens with two attached hydrogens (primary N) is 1. The number of rotatable bonds is 4. The van der Waals surface area contributed by atoms with Crippen molar-refractivity contribution >= 4 is 5.91 Å². The van der Waals surface area contributed by atoms with E-state index in [9.17, 15) is 9.90 Å². The van der Waals surface area contributed by atoms with Gasteiger partial charge in [-0.15, -0.1) is 0 Å². The number of ether oxygens (including phenoxy) is 1. The molecule has 2 aliphatic rings. The Bertz CT molecular complexity index is 383. The number of carbonyl (C=O) groups is 1. The van der Waals surface area contributed by atoms with Crippen LogP contribution in [-0.2, 0) is 9.53 Å². The lowest BCUT2D eigenvalue weighted by molar-refractivity contribution is -0.176. The van der Waals surface area contributed by atoms with E-state index in [1.807, 2.05) is 13.8 Å². The van der Waals surface area contributed by atoms with E-state index >= 15 is 0 Å². The van der Waals surface area contributed by atoms with Crippen molar-refractivity contribution in [1.82, 2.24) is 5.32 Å². The fraction of sp³-hybridized carbons (Fsp3) is 0.923. The lowest BCUT2D eigenvalue weighted by Gasteiger charge is -2.60. The molecule has 0 bridgehead atoms. The normalized spacial score (nSPS) is 39.1. The molecule has 2 rings (SSSR count). The van der Waals surface area contributed by atoms with Gasteiger partial charge in [-0.3, -0.25) is 4.79 Å². The topological polar surface area (TPSA) is 105 Å². The predicted molar refractivity (Wildman–Crippen MR) is 69.3 cm³/mol. The zero-order valence-electron chi connectivity index (χ0n) is 11.8. The molecule has 0 aromatic carbocycles. The van der Waals surface area contributed by atoms with Gasteiger partial charge in [-0.25, -0.2) is 0 Å². The molecule has 1 saturated heterocycles. The molecule has 19 heavy (non-hydrogen) atoms. The summed E-state index contributed by atoms with van der Waals surface area (Å²) in [5.41, 5.74) is 3.62. The first-order valence-electron chi connectivity index (χ1n) is 6.69. The number of hydrogen-bond acceptors (Lipinski definition) is 5. The molecule has 0 aromatic heterocycles. The molecule has 0 spiro atoms. The number of nitrogens with one attached hydrogen (secondary N) is 1. The van der Waals surface area contributed by atoms with Gasteiger partial charge in [-0.2, -0.15) is 0 Å². The predicted octanol–water partition coefficient (Wildman–Crippen LogP) is -1.01. The zero-order chi connectivity index (χ0) is 14.5. The summed E-state index contributed by atoms with van der Waals surface area (Å²) in [5, 5.41) is 21.4. The van der Waals surface area contributed by atoms with Crippen LogP contribution in [0.4, 0.5) is 0 Å². The molecular weight excluding hydrogens is 248 g/mol. The molecule has 0 radical (unpaired) electrons. The molecule has 1 heterocycles. The van der Waals surface area contributed by atoms with Crippen molar-refractivity contribution in [3.63, 3.8) is 0 Å². The minimum absolute atomic E-state index is 0.0182. The summed E-state index contributed by atoms with van der Waals surface area (Å²) in [5.74, 6) is -0.250. The average Bonchev–Trinajstić information content (AvgIpc) is 2.83. The van der Waals surface area contributed by atoms with E-state index < -0.39 is 23.2 Å². The van der Waals surface area contributed by atoms with Crippen LogP contribution in [0.25, 0.3) is 0 Å². The van der Waals surface area contributed by atoms with Crippen molar-refractivity contribution in [2.75, 3.05) is 19.8 Å². The summed E-state index contributed by atoms with van der Waals surface area (Å²) in [4.78, 5) is 12.4. The van der Waals surface area contributed by atoms with Crippen LogP contribution >= 0.6 is 0 Å². The van der Waals surface area contributed by atoms with Crippen LogP contribution in [0, 0.1) is 11.3 Å². The van der Waals surface area contributed by atoms with Crippen LogP contribution < -0.4 is 11.1 Å². The monoisotopic (exact) mass is 272 g/mol. The first kappa shape index (κ1) is 14.7. The number of aliphatic hydroxyl groups excluding tert-OH is 1. The minimum Gasteiger partial charge on any atom is -0.393 e. The third kappa shape index (κ3) is 1.98. The van der Waals surface area contributed by atoms with Gasteiger partial charge in [0.1, 0.15) is 11.1 Å². The van der Waals surface area contributed by atoms with Crippen LogP contribution in [-0.4, -0.2) is 53.1 Å². The highest BCUT2D eigenvalue weighted by atomic mass is 16.5. The van der Waals surface area contributed by atoms with Crippen LogP contribution in [0.5, 0.6) is 0 Å². The Balaban J connectivity index is 2.06. The third-order valence-electron chi connectivity index (χ3n) is 4.80. The van der Waals surface area contributed by atoms with Gasteiger partial charge in [-0.05, 0) is 13.3 Å². The Morgan fingerprint density at radius 1 is 1.58 bits per heavy atom. The first-order valence-corrected chi connectivity index (χ1v) is 6.69. The fourth-order valence-electron chi connectivity index (χ4n) is 3.32. The SMILES string of the molecule is CC(O)(CO)CNC(=O)C1(N)C2CCOC2C1(C)C. The van der Waals surface area contributed by atoms with Gasteiger partial charge in [0.15, 0.2) is 0 Å². The number of carbonyl (C=O) groups excluding carboxylic acids is 1. The van der Waals surface area contributed by atoms with Crippen LogP contribution in [0.3, 0.4) is 0 Å². The fourth-order valence-corrected chi connectivity index (χ4v) is 3.32. The molecular formula is C13H24N2O4. The summed E-state index contributed by atoms with van der Waals surface area (Å²) in [6.45, 7) is 5.54. The molecule has 4 atom stereocenters. The van der Waals surface area contributed by atoms with Crippen molar-refractivity contribution in [3.8, 4) is 0 Å². The van der Waals surface area contributed by atoms with Gasteiger partial charge >= 0.3 is 0 Å². The number of aliphatic hydroxyl groups is 2. The molecule has 6 heteroatoms. The molecule has 1 aliphatic heterocycles. The smallest absolute Gasteiger partial charge is 0.241 e. The van der Waals surface area contributed by atoms with E-state index in [2.05, 4.69) is 5.32 Å². The molecule has 5 N–H and O–H groups in total. The lowest BCUT2D eigenvalue weighted by atomic mass is 9.48. The second-order valence-electron chi connectivity index (χ2n) is 6.61. The first-order chi connectivity index (χ1) is 8.67. The number of fused-ring (bicyclic) bond motifs is 1. The van der Waals surface area contributed by atoms with Crippen molar-refractivity contribution < 1.29 is 19.7 Å². The van der Waals surface area contributed by atoms with Crippen LogP contribution in [0.15, 0.2) is 0 Å². The van der Waals surface area contributed by atoms with Crippen molar-refractivity contribution in [3.05, 3.63) is 0 Å². The van der Waals surface area contributed by atoms with E-state index in [4.69, 9.17) is 15.6 Å². The van der Waals surface area contributed by atoms with E-state index in [1.165, 1.54) is 6.92 Å². The summed E-state index contributed by atoms with van der Waals surface area (Å²) in [6, 6.07) is 0. The van der Waals surface area contributed by atoms with Crippen LogP contribution in [0.1, 0.15) is 27.2 Å². The standard InChI is InChI=1S/C13H24N2O4/c1-11(2)9-8(4-5-19-9)13(11,14)10(17)15-6-12(3,18)7-16/h8-9,16,18H,4-7,14H2,1-3H3,(H,15,17). The Hall–Kier alpha value is -0.690. The molecule has 2 fully saturated rings. The van der Waals surface area contributed by atoms with E-state index in [0.717, 1.165) is 6.42 Å². The number of amides is 1. The molecule has 1 amide bonds. The minimum atomic E-state index is -1.33. The molecule has 1 saturated carbocycles. The third-order valence-corrected chi connectivity index (χ3v) is 4.80. The molecule has 1 aliphatic carbocycles. The maximum absolute atomic E-state index is 12.4. The Morgan fingerprint density at radius 2 is 2.21 bits per heavy atom. The highest BCUT2D eigenvalue weighted by molar-refractivity contribution is 5.89. The average molecular weight is 272 g/mol. The van der Waals surface area contributed by atoms with Gasteiger partial charge in [0, 0.05) is 24.5 Å². The second-order valence-corrected chi connectivity index (χ2v) is 6.61. The highest BCUT2D eigenvalue weighted by Gasteiger charge is 2.71. The molecule has 6 nitrogen and oxygen atoms in total. The maximum atomic E-state index is 12.4. The summed E-state index contributed by atoms with van der Waals surface area (Å²) < 4.78 is 5.63. The van der Waals surface area contributed by atoms with Crippen molar-refractivity contribution in [2.45, 2.75) is 44.4 Å². The van der Waals surface area contributed by atoms with Gasteiger partial charge in [0.05, 0.1) is 12.7 Å². The second kappa shape index (κ2) is 4.41. The van der Waals surface area contributed by atoms with E-state index in [1.54, 1.807) is 0 Å². The molecule has 4 unspecified atom stereocenters. The van der Waals surface area contributed by atoms with Gasteiger partial charge in [0.25, 0.3) is 0 Å². The summed E-state index contributed by atoms with van der Waals surface area (Å²) >= 11 is 0. The maximum Gasteiger partial charge on any atom is 0.241 e. The van der Waals surface area contributed by atoms with E-state index in [0.29, 0.717) is 6.61 Å². The quantitative estimate of drug-likeness (QED) is 0.525. The Morgan fingerprint density at radius 3 is 2.79 bits per heavy atom. The van der Waals surface area contributed by atoms with Crippen molar-refractivity contribution in [1.29, 1.82) is 0 Å². The van der Waals surface area contributed by atoms with Gasteiger partial charge in [0.2, 0.25) is 5.91 Å². The Labute approximate surface area is 113 Å². The van der Waals surface area contributed by atoms with Gasteiger partial charge < -0.3 is 26.0 Å². The Kier molecular flexibility index (Phi) is 3.42. The lowest BCUT2D eigenvalue weighted by Crippen LogP contribution is -2.80. The summed E-state index contributed by atoms with van der Waals surface area (Å²) in [6.07, 6.45) is 0.815.